The molecule has 0 radical (unpaired) electrons. The van der Waals surface area contributed by atoms with Crippen molar-refractivity contribution in [3.05, 3.63) is 28.7 Å². The highest BCUT2D eigenvalue weighted by molar-refractivity contribution is 7.89. The van der Waals surface area contributed by atoms with Gasteiger partial charge < -0.3 is 14.5 Å². The molecule has 0 unspecified atom stereocenters. The summed E-state index contributed by atoms with van der Waals surface area (Å²) in [5, 5.41) is 0. The SMILES string of the molecule is COCCN(CCOC)S(=O)(=O)c1c[nH]ccc1=O. The fourth-order valence-corrected chi connectivity index (χ4v) is 2.93. The Bertz CT molecular complexity index is 532. The molecular weight excluding hydrogens is 272 g/mol. The van der Waals surface area contributed by atoms with Gasteiger partial charge in [0.25, 0.3) is 0 Å². The van der Waals surface area contributed by atoms with Gasteiger partial charge in [0.15, 0.2) is 0 Å². The lowest BCUT2D eigenvalue weighted by molar-refractivity contribution is 0.150. The number of pyridine rings is 1. The first-order valence-electron chi connectivity index (χ1n) is 5.69. The van der Waals surface area contributed by atoms with Gasteiger partial charge in [0.05, 0.1) is 13.2 Å². The molecule has 7 nitrogen and oxygen atoms in total. The summed E-state index contributed by atoms with van der Waals surface area (Å²) >= 11 is 0. The third kappa shape index (κ3) is 4.13. The fourth-order valence-electron chi connectivity index (χ4n) is 1.48. The molecule has 1 aromatic rings. The molecule has 19 heavy (non-hydrogen) atoms. The number of methoxy groups -OCH3 is 2. The summed E-state index contributed by atoms with van der Waals surface area (Å²) in [5.74, 6) is 0. The molecule has 108 valence electrons. The molecular formula is C11H18N2O5S. The molecule has 0 fully saturated rings. The molecule has 0 aliphatic heterocycles. The second-order valence-electron chi connectivity index (χ2n) is 3.76. The van der Waals surface area contributed by atoms with E-state index in [2.05, 4.69) is 4.98 Å². The maximum atomic E-state index is 12.4. The van der Waals surface area contributed by atoms with Crippen LogP contribution in [0.1, 0.15) is 0 Å². The molecule has 0 aliphatic rings. The third-order valence-corrected chi connectivity index (χ3v) is 4.42. The van der Waals surface area contributed by atoms with E-state index in [1.54, 1.807) is 0 Å². The second-order valence-corrected chi connectivity index (χ2v) is 5.67. The summed E-state index contributed by atoms with van der Waals surface area (Å²) in [6.07, 6.45) is 2.57. The van der Waals surface area contributed by atoms with Gasteiger partial charge in [0.1, 0.15) is 4.90 Å². The number of rotatable bonds is 8. The Labute approximate surface area is 112 Å². The number of aromatic nitrogens is 1. The van der Waals surface area contributed by atoms with Crippen LogP contribution in [0.4, 0.5) is 0 Å². The summed E-state index contributed by atoms with van der Waals surface area (Å²) < 4.78 is 35.7. The molecule has 0 saturated heterocycles. The number of nitrogens with zero attached hydrogens (tertiary/aromatic N) is 1. The fraction of sp³-hybridized carbons (Fsp3) is 0.545. The van der Waals surface area contributed by atoms with Crippen molar-refractivity contribution in [2.75, 3.05) is 40.5 Å². The number of aromatic amines is 1. The summed E-state index contributed by atoms with van der Waals surface area (Å²) in [7, 11) is -0.881. The molecule has 1 N–H and O–H groups in total. The lowest BCUT2D eigenvalue weighted by atomic mass is 10.5. The average Bonchev–Trinajstić information content (AvgIpc) is 2.39. The predicted octanol–water partition coefficient (Wildman–Crippen LogP) is -0.342. The normalized spacial score (nSPS) is 11.9. The van der Waals surface area contributed by atoms with E-state index in [-0.39, 0.29) is 31.2 Å². The van der Waals surface area contributed by atoms with Crippen molar-refractivity contribution in [3.63, 3.8) is 0 Å². The molecule has 0 saturated carbocycles. The Morgan fingerprint density at radius 2 is 1.79 bits per heavy atom. The molecule has 1 rings (SSSR count). The van der Waals surface area contributed by atoms with Gasteiger partial charge in [-0.15, -0.1) is 0 Å². The zero-order chi connectivity index (χ0) is 14.3. The van der Waals surface area contributed by atoms with Crippen LogP contribution in [0.5, 0.6) is 0 Å². The molecule has 8 heteroatoms. The first kappa shape index (κ1) is 15.8. The third-order valence-electron chi connectivity index (χ3n) is 2.50. The molecule has 0 atom stereocenters. The predicted molar refractivity (Wildman–Crippen MR) is 69.6 cm³/mol. The molecule has 0 aromatic carbocycles. The quantitative estimate of drug-likeness (QED) is 0.707. The monoisotopic (exact) mass is 290 g/mol. The van der Waals surface area contributed by atoms with E-state index in [0.29, 0.717) is 0 Å². The van der Waals surface area contributed by atoms with Crippen molar-refractivity contribution in [2.24, 2.45) is 0 Å². The maximum absolute atomic E-state index is 12.4. The van der Waals surface area contributed by atoms with Crippen molar-refractivity contribution in [3.8, 4) is 0 Å². The lowest BCUT2D eigenvalue weighted by Crippen LogP contribution is -2.38. The summed E-state index contributed by atoms with van der Waals surface area (Å²) in [6, 6.07) is 1.18. The van der Waals surface area contributed by atoms with Crippen LogP contribution in [-0.2, 0) is 19.5 Å². The average molecular weight is 290 g/mol. The second kappa shape index (κ2) is 7.39. The van der Waals surface area contributed by atoms with Gasteiger partial charge in [-0.1, -0.05) is 0 Å². The number of hydrogen-bond acceptors (Lipinski definition) is 5. The van der Waals surface area contributed by atoms with Gasteiger partial charge in [0.2, 0.25) is 15.5 Å². The van der Waals surface area contributed by atoms with Crippen molar-refractivity contribution >= 4 is 10.0 Å². The Morgan fingerprint density at radius 3 is 2.26 bits per heavy atom. The Kier molecular flexibility index (Phi) is 6.16. The zero-order valence-electron chi connectivity index (χ0n) is 11.0. The highest BCUT2D eigenvalue weighted by Crippen LogP contribution is 2.10. The highest BCUT2D eigenvalue weighted by Gasteiger charge is 2.26. The number of sulfonamides is 1. The van der Waals surface area contributed by atoms with E-state index in [9.17, 15) is 13.2 Å². The molecule has 0 bridgehead atoms. The van der Waals surface area contributed by atoms with Crippen LogP contribution in [-0.4, -0.2) is 58.2 Å². The minimum absolute atomic E-state index is 0.163. The van der Waals surface area contributed by atoms with Crippen molar-refractivity contribution in [1.82, 2.24) is 9.29 Å². The van der Waals surface area contributed by atoms with E-state index in [0.717, 1.165) is 0 Å². The zero-order valence-corrected chi connectivity index (χ0v) is 11.8. The van der Waals surface area contributed by atoms with E-state index in [1.807, 2.05) is 0 Å². The minimum atomic E-state index is -3.85. The van der Waals surface area contributed by atoms with Crippen LogP contribution in [0.2, 0.25) is 0 Å². The van der Waals surface area contributed by atoms with E-state index < -0.39 is 15.5 Å². The standard InChI is InChI=1S/C11H18N2O5S/c1-17-7-5-13(6-8-18-2)19(15,16)11-9-12-4-3-10(11)14/h3-4,9H,5-8H2,1-2H3,(H,12,14). The summed E-state index contributed by atoms with van der Waals surface area (Å²) in [6.45, 7) is 0.814. The number of nitrogens with one attached hydrogen (secondary N) is 1. The molecule has 0 aliphatic carbocycles. The molecule has 1 aromatic heterocycles. The Morgan fingerprint density at radius 1 is 1.21 bits per heavy atom. The number of hydrogen-bond donors (Lipinski definition) is 1. The van der Waals surface area contributed by atoms with Gasteiger partial charge in [-0.2, -0.15) is 4.31 Å². The van der Waals surface area contributed by atoms with Gasteiger partial charge in [-0.3, -0.25) is 4.79 Å². The lowest BCUT2D eigenvalue weighted by Gasteiger charge is -2.20. The van der Waals surface area contributed by atoms with E-state index >= 15 is 0 Å². The molecule has 0 spiro atoms. The highest BCUT2D eigenvalue weighted by atomic mass is 32.2. The number of H-pyrrole nitrogens is 1. The summed E-state index contributed by atoms with van der Waals surface area (Å²) in [5.41, 5.74) is -0.543. The van der Waals surface area contributed by atoms with Crippen molar-refractivity contribution in [2.45, 2.75) is 4.90 Å². The van der Waals surface area contributed by atoms with Crippen LogP contribution < -0.4 is 5.43 Å². The van der Waals surface area contributed by atoms with Crippen LogP contribution in [0.25, 0.3) is 0 Å². The summed E-state index contributed by atoms with van der Waals surface area (Å²) in [4.78, 5) is 14.0. The largest absolute Gasteiger partial charge is 0.383 e. The smallest absolute Gasteiger partial charge is 0.248 e. The maximum Gasteiger partial charge on any atom is 0.248 e. The van der Waals surface area contributed by atoms with Gasteiger partial charge in [-0.05, 0) is 0 Å². The van der Waals surface area contributed by atoms with Crippen molar-refractivity contribution < 1.29 is 17.9 Å². The molecule has 0 amide bonds. The van der Waals surface area contributed by atoms with Crippen molar-refractivity contribution in [1.29, 1.82) is 0 Å². The van der Waals surface area contributed by atoms with Crippen LogP contribution in [0.15, 0.2) is 28.2 Å². The van der Waals surface area contributed by atoms with Crippen LogP contribution in [0, 0.1) is 0 Å². The van der Waals surface area contributed by atoms with Crippen LogP contribution in [0.3, 0.4) is 0 Å². The van der Waals surface area contributed by atoms with Gasteiger partial charge in [0, 0.05) is 45.8 Å². The molecule has 1 heterocycles. The Hall–Kier alpha value is -1.22. The van der Waals surface area contributed by atoms with Crippen LogP contribution >= 0.6 is 0 Å². The first-order chi connectivity index (χ1) is 9.04. The number of ether oxygens (including phenoxy) is 2. The minimum Gasteiger partial charge on any atom is -0.383 e. The first-order valence-corrected chi connectivity index (χ1v) is 7.13. The van der Waals surface area contributed by atoms with E-state index in [4.69, 9.17) is 9.47 Å². The van der Waals surface area contributed by atoms with Gasteiger partial charge in [-0.25, -0.2) is 8.42 Å². The Balaban J connectivity index is 3.04. The van der Waals surface area contributed by atoms with Gasteiger partial charge >= 0.3 is 0 Å². The topological polar surface area (TPSA) is 88.7 Å². The van der Waals surface area contributed by atoms with E-state index in [1.165, 1.54) is 37.0 Å².